The minimum Gasteiger partial charge on any atom is -0.348 e. The zero-order chi connectivity index (χ0) is 18.5. The second-order valence-electron chi connectivity index (χ2n) is 6.44. The smallest absolute Gasteiger partial charge is 0.263 e. The van der Waals surface area contributed by atoms with Crippen molar-refractivity contribution < 1.29 is 4.79 Å². The fourth-order valence-electron chi connectivity index (χ4n) is 3.26. The van der Waals surface area contributed by atoms with Crippen molar-refractivity contribution in [3.05, 3.63) is 87.4 Å². The van der Waals surface area contributed by atoms with Crippen LogP contribution in [-0.4, -0.2) is 16.9 Å². The fraction of sp³-hybridized carbons (Fsp3) is 0.273. The van der Waals surface area contributed by atoms with Gasteiger partial charge in [-0.15, -0.1) is 11.3 Å². The van der Waals surface area contributed by atoms with Gasteiger partial charge in [-0.1, -0.05) is 67.6 Å². The number of hydrogen-bond donors (Lipinski definition) is 1. The van der Waals surface area contributed by atoms with Gasteiger partial charge in [-0.3, -0.25) is 4.79 Å². The minimum absolute atomic E-state index is 0.0379. The predicted octanol–water partition coefficient (Wildman–Crippen LogP) is 4.96. The molecule has 0 saturated heterocycles. The highest BCUT2D eigenvalue weighted by Gasteiger charge is 2.24. The van der Waals surface area contributed by atoms with Gasteiger partial charge in [0.25, 0.3) is 5.91 Å². The number of aromatic nitrogens is 1. The van der Waals surface area contributed by atoms with Crippen LogP contribution < -0.4 is 5.32 Å². The van der Waals surface area contributed by atoms with E-state index in [4.69, 9.17) is 0 Å². The van der Waals surface area contributed by atoms with Crippen molar-refractivity contribution in [1.29, 1.82) is 0 Å². The Kier molecular flexibility index (Phi) is 5.84. The quantitative estimate of drug-likeness (QED) is 0.671. The number of thiazole rings is 1. The molecule has 1 unspecified atom stereocenters. The van der Waals surface area contributed by atoms with E-state index in [1.165, 1.54) is 22.5 Å². The summed E-state index contributed by atoms with van der Waals surface area (Å²) in [6, 6.07) is 20.6. The van der Waals surface area contributed by atoms with Gasteiger partial charge >= 0.3 is 0 Å². The van der Waals surface area contributed by atoms with E-state index in [1.807, 2.05) is 43.3 Å². The number of amides is 1. The van der Waals surface area contributed by atoms with E-state index in [-0.39, 0.29) is 17.9 Å². The Hall–Kier alpha value is -2.46. The number of rotatable bonds is 6. The number of hydrogen-bond acceptors (Lipinski definition) is 3. The van der Waals surface area contributed by atoms with Crippen LogP contribution in [0.2, 0.25) is 0 Å². The van der Waals surface area contributed by atoms with Crippen molar-refractivity contribution >= 4 is 17.2 Å². The number of aryl methyl sites for hydroxylation is 2. The van der Waals surface area contributed by atoms with E-state index < -0.39 is 0 Å². The number of nitrogens with one attached hydrogen (secondary N) is 1. The first-order valence-corrected chi connectivity index (χ1v) is 9.78. The molecule has 1 aromatic heterocycles. The van der Waals surface area contributed by atoms with E-state index in [0.29, 0.717) is 4.88 Å². The molecule has 0 aliphatic carbocycles. The minimum atomic E-state index is -0.0427. The Balaban J connectivity index is 1.87. The summed E-state index contributed by atoms with van der Waals surface area (Å²) < 4.78 is 0. The third-order valence-electron chi connectivity index (χ3n) is 4.53. The molecule has 1 heterocycles. The van der Waals surface area contributed by atoms with Crippen LogP contribution in [0.4, 0.5) is 0 Å². The lowest BCUT2D eigenvalue weighted by Gasteiger charge is -2.26. The normalized spacial score (nSPS) is 12.2. The molecular formula is C22H24N2OS. The Morgan fingerprint density at radius 3 is 2.04 bits per heavy atom. The molecule has 1 N–H and O–H groups in total. The number of nitrogens with zero attached hydrogens (tertiary/aromatic N) is 1. The first-order chi connectivity index (χ1) is 12.6. The number of benzene rings is 2. The van der Waals surface area contributed by atoms with Crippen LogP contribution in [0.5, 0.6) is 0 Å². The van der Waals surface area contributed by atoms with E-state index in [0.717, 1.165) is 17.1 Å². The first kappa shape index (κ1) is 18.3. The summed E-state index contributed by atoms with van der Waals surface area (Å²) in [7, 11) is 0. The fourth-order valence-corrected chi connectivity index (χ4v) is 4.17. The van der Waals surface area contributed by atoms with Gasteiger partial charge in [0.2, 0.25) is 0 Å². The highest BCUT2D eigenvalue weighted by Crippen LogP contribution is 2.28. The molecule has 0 spiro atoms. The predicted molar refractivity (Wildman–Crippen MR) is 108 cm³/mol. The molecule has 1 amide bonds. The summed E-state index contributed by atoms with van der Waals surface area (Å²) in [6.07, 6.45) is 0.852. The molecule has 0 aliphatic heterocycles. The molecule has 0 aliphatic rings. The maximum Gasteiger partial charge on any atom is 0.263 e. The SMILES string of the molecule is CCc1nc(C)c(C(=O)NC(C)C(c2ccccc2)c2ccccc2)s1. The summed E-state index contributed by atoms with van der Waals surface area (Å²) in [4.78, 5) is 18.0. The lowest BCUT2D eigenvalue weighted by atomic mass is 9.86. The molecule has 3 nitrogen and oxygen atoms in total. The molecule has 0 radical (unpaired) electrons. The van der Waals surface area contributed by atoms with Crippen LogP contribution in [-0.2, 0) is 6.42 Å². The summed E-state index contributed by atoms with van der Waals surface area (Å²) >= 11 is 1.49. The maximum absolute atomic E-state index is 12.8. The lowest BCUT2D eigenvalue weighted by Crippen LogP contribution is -2.37. The van der Waals surface area contributed by atoms with Gasteiger partial charge in [0.1, 0.15) is 4.88 Å². The van der Waals surface area contributed by atoms with Crippen LogP contribution in [0.15, 0.2) is 60.7 Å². The monoisotopic (exact) mass is 364 g/mol. The Morgan fingerprint density at radius 1 is 1.04 bits per heavy atom. The summed E-state index contributed by atoms with van der Waals surface area (Å²) in [5, 5.41) is 4.21. The Labute approximate surface area is 159 Å². The van der Waals surface area contributed by atoms with Gasteiger partial charge in [-0.25, -0.2) is 4.98 Å². The highest BCUT2D eigenvalue weighted by molar-refractivity contribution is 7.13. The molecule has 134 valence electrons. The van der Waals surface area contributed by atoms with Gasteiger partial charge in [0, 0.05) is 12.0 Å². The first-order valence-electron chi connectivity index (χ1n) is 8.97. The van der Waals surface area contributed by atoms with E-state index in [9.17, 15) is 4.79 Å². The van der Waals surface area contributed by atoms with Crippen molar-refractivity contribution in [3.63, 3.8) is 0 Å². The summed E-state index contributed by atoms with van der Waals surface area (Å²) in [6.45, 7) is 6.03. The molecule has 1 atom stereocenters. The van der Waals surface area contributed by atoms with Crippen LogP contribution in [0, 0.1) is 6.92 Å². The number of carbonyl (C=O) groups is 1. The zero-order valence-electron chi connectivity index (χ0n) is 15.4. The molecule has 0 bridgehead atoms. The van der Waals surface area contributed by atoms with Gasteiger partial charge in [0.05, 0.1) is 10.7 Å². The maximum atomic E-state index is 12.8. The van der Waals surface area contributed by atoms with Crippen LogP contribution in [0.25, 0.3) is 0 Å². The average molecular weight is 365 g/mol. The van der Waals surface area contributed by atoms with Crippen LogP contribution in [0.1, 0.15) is 51.3 Å². The van der Waals surface area contributed by atoms with E-state index in [2.05, 4.69) is 48.4 Å². The van der Waals surface area contributed by atoms with Crippen LogP contribution >= 0.6 is 11.3 Å². The molecule has 26 heavy (non-hydrogen) atoms. The van der Waals surface area contributed by atoms with Gasteiger partial charge < -0.3 is 5.32 Å². The molecule has 3 rings (SSSR count). The van der Waals surface area contributed by atoms with Crippen molar-refractivity contribution in [1.82, 2.24) is 10.3 Å². The second kappa shape index (κ2) is 8.28. The second-order valence-corrected chi connectivity index (χ2v) is 7.52. The van der Waals surface area contributed by atoms with Gasteiger partial charge in [0.15, 0.2) is 0 Å². The lowest BCUT2D eigenvalue weighted by molar-refractivity contribution is 0.0940. The highest BCUT2D eigenvalue weighted by atomic mass is 32.1. The molecule has 4 heteroatoms. The van der Waals surface area contributed by atoms with E-state index in [1.54, 1.807) is 0 Å². The zero-order valence-corrected chi connectivity index (χ0v) is 16.2. The largest absolute Gasteiger partial charge is 0.348 e. The molecule has 2 aromatic carbocycles. The van der Waals surface area contributed by atoms with Gasteiger partial charge in [-0.2, -0.15) is 0 Å². The standard InChI is InChI=1S/C22H24N2OS/c1-4-19-23-16(3)21(26-19)22(25)24-15(2)20(17-11-7-5-8-12-17)18-13-9-6-10-14-18/h5-15,20H,4H2,1-3H3,(H,24,25). The average Bonchev–Trinajstić information content (AvgIpc) is 3.05. The van der Waals surface area contributed by atoms with Crippen molar-refractivity contribution in [2.75, 3.05) is 0 Å². The number of carbonyl (C=O) groups excluding carboxylic acids is 1. The summed E-state index contributed by atoms with van der Waals surface area (Å²) in [5.41, 5.74) is 3.20. The molecular weight excluding hydrogens is 340 g/mol. The van der Waals surface area contributed by atoms with Crippen molar-refractivity contribution in [2.45, 2.75) is 39.2 Å². The Morgan fingerprint density at radius 2 is 1.58 bits per heavy atom. The van der Waals surface area contributed by atoms with Crippen molar-refractivity contribution in [2.24, 2.45) is 0 Å². The molecule has 3 aromatic rings. The molecule has 0 saturated carbocycles. The van der Waals surface area contributed by atoms with Crippen LogP contribution in [0.3, 0.4) is 0 Å². The summed E-state index contributed by atoms with van der Waals surface area (Å²) in [5.74, 6) is 0.0595. The van der Waals surface area contributed by atoms with E-state index >= 15 is 0 Å². The third-order valence-corrected chi connectivity index (χ3v) is 5.83. The topological polar surface area (TPSA) is 42.0 Å². The molecule has 0 fully saturated rings. The van der Waals surface area contributed by atoms with Crippen molar-refractivity contribution in [3.8, 4) is 0 Å². The Bertz CT molecular complexity index is 819. The van der Waals surface area contributed by atoms with Gasteiger partial charge in [-0.05, 0) is 31.4 Å². The third kappa shape index (κ3) is 4.02.